The second-order valence-corrected chi connectivity index (χ2v) is 9.14. The van der Waals surface area contributed by atoms with Crippen molar-refractivity contribution in [2.45, 2.75) is 44.1 Å². The molecule has 0 unspecified atom stereocenters. The van der Waals surface area contributed by atoms with Gasteiger partial charge in [-0.3, -0.25) is 9.48 Å². The summed E-state index contributed by atoms with van der Waals surface area (Å²) in [6.45, 7) is 6.92. The quantitative estimate of drug-likeness (QED) is 0.628. The van der Waals surface area contributed by atoms with Crippen LogP contribution < -0.4 is 15.0 Å². The molecule has 3 aliphatic heterocycles. The molecule has 2 aromatic rings. The van der Waals surface area contributed by atoms with Gasteiger partial charge in [-0.05, 0) is 31.9 Å². The third kappa shape index (κ3) is 4.22. The number of pyridine rings is 1. The number of rotatable bonds is 4. The molecule has 2 aromatic heterocycles. The van der Waals surface area contributed by atoms with Crippen molar-refractivity contribution in [3.8, 4) is 17.7 Å². The van der Waals surface area contributed by atoms with Crippen LogP contribution in [0.2, 0.25) is 0 Å². The number of anilines is 1. The average molecular weight is 468 g/mol. The van der Waals surface area contributed by atoms with E-state index in [0.29, 0.717) is 50.9 Å². The van der Waals surface area contributed by atoms with Gasteiger partial charge in [0.05, 0.1) is 25.9 Å². The van der Waals surface area contributed by atoms with Gasteiger partial charge in [-0.15, -0.1) is 0 Å². The van der Waals surface area contributed by atoms with E-state index in [9.17, 15) is 9.90 Å². The number of aromatic nitrogens is 3. The largest absolute Gasteiger partial charge is 0.480 e. The molecular formula is C24H29N5O5. The summed E-state index contributed by atoms with van der Waals surface area (Å²) in [5.74, 6) is 5.88. The van der Waals surface area contributed by atoms with Gasteiger partial charge < -0.3 is 29.5 Å². The SMILES string of the molecule is Cc1cc(C#Cc2cnc(O[C@@H]3CN[C@H](C(=O)O)C3)c(N3CCOC4(COC4)[C@@H]3C)c2)nn1C. The molecule has 0 saturated carbocycles. The van der Waals surface area contributed by atoms with Crippen LogP contribution in [0, 0.1) is 18.8 Å². The molecule has 0 bridgehead atoms. The van der Waals surface area contributed by atoms with Gasteiger partial charge in [0.1, 0.15) is 29.1 Å². The van der Waals surface area contributed by atoms with Crippen LogP contribution in [0.4, 0.5) is 5.69 Å². The summed E-state index contributed by atoms with van der Waals surface area (Å²) in [5, 5.41) is 16.7. The highest BCUT2D eigenvalue weighted by Gasteiger charge is 2.50. The molecule has 5 rings (SSSR count). The number of nitrogens with one attached hydrogen (secondary N) is 1. The maximum atomic E-state index is 11.3. The molecule has 1 spiro atoms. The van der Waals surface area contributed by atoms with E-state index in [0.717, 1.165) is 16.9 Å². The number of ether oxygens (including phenoxy) is 3. The van der Waals surface area contributed by atoms with E-state index in [2.05, 4.69) is 39.1 Å². The van der Waals surface area contributed by atoms with E-state index in [-0.39, 0.29) is 17.7 Å². The van der Waals surface area contributed by atoms with Crippen LogP contribution in [0.5, 0.6) is 5.88 Å². The molecule has 0 amide bonds. The molecule has 3 atom stereocenters. The van der Waals surface area contributed by atoms with Crippen molar-refractivity contribution in [2.75, 3.05) is 37.8 Å². The van der Waals surface area contributed by atoms with Crippen molar-refractivity contribution in [3.63, 3.8) is 0 Å². The van der Waals surface area contributed by atoms with Gasteiger partial charge in [-0.2, -0.15) is 5.10 Å². The highest BCUT2D eigenvalue weighted by molar-refractivity contribution is 5.74. The Hall–Kier alpha value is -3.13. The van der Waals surface area contributed by atoms with Crippen LogP contribution in [0.15, 0.2) is 18.3 Å². The van der Waals surface area contributed by atoms with Gasteiger partial charge in [0.15, 0.2) is 0 Å². The van der Waals surface area contributed by atoms with Crippen LogP contribution in [-0.4, -0.2) is 82.5 Å². The van der Waals surface area contributed by atoms with E-state index < -0.39 is 12.0 Å². The average Bonchev–Trinajstić information content (AvgIpc) is 3.38. The first-order chi connectivity index (χ1) is 16.3. The Labute approximate surface area is 198 Å². The number of aliphatic carboxylic acids is 1. The first kappa shape index (κ1) is 22.7. The van der Waals surface area contributed by atoms with E-state index in [4.69, 9.17) is 14.2 Å². The fourth-order valence-corrected chi connectivity index (χ4v) is 4.60. The maximum absolute atomic E-state index is 11.3. The lowest BCUT2D eigenvalue weighted by atomic mass is 9.90. The molecule has 0 aromatic carbocycles. The van der Waals surface area contributed by atoms with Crippen molar-refractivity contribution in [3.05, 3.63) is 35.3 Å². The number of aryl methyl sites for hydroxylation is 2. The summed E-state index contributed by atoms with van der Waals surface area (Å²) in [6.07, 6.45) is 1.79. The zero-order chi connectivity index (χ0) is 23.9. The minimum Gasteiger partial charge on any atom is -0.480 e. The Morgan fingerprint density at radius 3 is 2.82 bits per heavy atom. The summed E-state index contributed by atoms with van der Waals surface area (Å²) in [6, 6.07) is 3.36. The number of nitrogens with zero attached hydrogens (tertiary/aromatic N) is 4. The maximum Gasteiger partial charge on any atom is 0.320 e. The molecule has 5 heterocycles. The van der Waals surface area contributed by atoms with Crippen LogP contribution >= 0.6 is 0 Å². The fourth-order valence-electron chi connectivity index (χ4n) is 4.60. The molecule has 3 saturated heterocycles. The van der Waals surface area contributed by atoms with E-state index >= 15 is 0 Å². The van der Waals surface area contributed by atoms with Crippen molar-refractivity contribution in [1.82, 2.24) is 20.1 Å². The number of morpholine rings is 1. The highest BCUT2D eigenvalue weighted by Crippen LogP contribution is 2.38. The second-order valence-electron chi connectivity index (χ2n) is 9.14. The molecule has 2 N–H and O–H groups in total. The normalized spacial score (nSPS) is 25.5. The molecule has 10 nitrogen and oxygen atoms in total. The van der Waals surface area contributed by atoms with Crippen LogP contribution in [0.25, 0.3) is 0 Å². The molecule has 3 aliphatic rings. The Morgan fingerprint density at radius 2 is 2.18 bits per heavy atom. The Morgan fingerprint density at radius 1 is 1.35 bits per heavy atom. The summed E-state index contributed by atoms with van der Waals surface area (Å²) in [4.78, 5) is 18.2. The Balaban J connectivity index is 1.45. The molecular weight excluding hydrogens is 438 g/mol. The van der Waals surface area contributed by atoms with E-state index in [1.54, 1.807) is 10.9 Å². The lowest BCUT2D eigenvalue weighted by molar-refractivity contribution is -0.228. The zero-order valence-corrected chi connectivity index (χ0v) is 19.6. The standard InChI is InChI=1S/C24H29N5O5/c1-15-8-18(27-28(15)3)5-4-17-9-21(29-6-7-33-24(16(29)2)13-32-14-24)22(26-11-17)34-19-10-20(23(30)31)25-12-19/h8-9,11,16,19-20,25H,6-7,10,12-14H2,1-3H3,(H,30,31)/t16-,19-,20-/m0/s1. The fraction of sp³-hybridized carbons (Fsp3) is 0.542. The topological polar surface area (TPSA) is 111 Å². The van der Waals surface area contributed by atoms with Crippen molar-refractivity contribution in [2.24, 2.45) is 7.05 Å². The predicted molar refractivity (Wildman–Crippen MR) is 123 cm³/mol. The first-order valence-corrected chi connectivity index (χ1v) is 11.5. The van der Waals surface area contributed by atoms with Gasteiger partial charge >= 0.3 is 5.97 Å². The number of hydrogen-bond acceptors (Lipinski definition) is 8. The zero-order valence-electron chi connectivity index (χ0n) is 19.6. The van der Waals surface area contributed by atoms with Gasteiger partial charge in [0.25, 0.3) is 0 Å². The van der Waals surface area contributed by atoms with E-state index in [1.807, 2.05) is 26.1 Å². The van der Waals surface area contributed by atoms with Crippen LogP contribution in [-0.2, 0) is 21.3 Å². The molecule has 10 heteroatoms. The Kier molecular flexibility index (Phi) is 5.93. The third-order valence-corrected chi connectivity index (χ3v) is 6.90. The number of carboxylic acids is 1. The molecule has 34 heavy (non-hydrogen) atoms. The summed E-state index contributed by atoms with van der Waals surface area (Å²) in [7, 11) is 1.89. The second kappa shape index (κ2) is 8.91. The van der Waals surface area contributed by atoms with Crippen LogP contribution in [0.3, 0.4) is 0 Å². The van der Waals surface area contributed by atoms with E-state index in [1.165, 1.54) is 0 Å². The number of carboxylic acid groups (broad SMARTS) is 1. The first-order valence-electron chi connectivity index (χ1n) is 11.5. The predicted octanol–water partition coefficient (Wildman–Crippen LogP) is 0.711. The van der Waals surface area contributed by atoms with Crippen molar-refractivity contribution < 1.29 is 24.1 Å². The lowest BCUT2D eigenvalue weighted by Gasteiger charge is -2.53. The molecule has 0 aliphatic carbocycles. The van der Waals surface area contributed by atoms with Gasteiger partial charge in [0.2, 0.25) is 5.88 Å². The highest BCUT2D eigenvalue weighted by atomic mass is 16.6. The number of hydrogen-bond donors (Lipinski definition) is 2. The smallest absolute Gasteiger partial charge is 0.320 e. The third-order valence-electron chi connectivity index (χ3n) is 6.90. The number of carbonyl (C=O) groups is 1. The summed E-state index contributed by atoms with van der Waals surface area (Å²) < 4.78 is 19.6. The van der Waals surface area contributed by atoms with Gasteiger partial charge in [0, 0.05) is 44.0 Å². The molecule has 3 fully saturated rings. The van der Waals surface area contributed by atoms with Crippen LogP contribution in [0.1, 0.15) is 30.3 Å². The summed E-state index contributed by atoms with van der Waals surface area (Å²) >= 11 is 0. The minimum atomic E-state index is -0.872. The van der Waals surface area contributed by atoms with Gasteiger partial charge in [-0.1, -0.05) is 5.92 Å². The lowest BCUT2D eigenvalue weighted by Crippen LogP contribution is -2.68. The molecule has 0 radical (unpaired) electrons. The summed E-state index contributed by atoms with van der Waals surface area (Å²) in [5.41, 5.74) is 2.96. The molecule has 180 valence electrons. The monoisotopic (exact) mass is 467 g/mol. The van der Waals surface area contributed by atoms with Crippen molar-refractivity contribution >= 4 is 11.7 Å². The van der Waals surface area contributed by atoms with Gasteiger partial charge in [-0.25, -0.2) is 4.98 Å². The minimum absolute atomic E-state index is 0.0502. The van der Waals surface area contributed by atoms with Crippen molar-refractivity contribution in [1.29, 1.82) is 0 Å². The Bertz CT molecular complexity index is 1130.